The van der Waals surface area contributed by atoms with Gasteiger partial charge in [0, 0.05) is 17.9 Å². The fourth-order valence-corrected chi connectivity index (χ4v) is 2.14. The van der Waals surface area contributed by atoms with E-state index in [0.29, 0.717) is 12.5 Å². The topological polar surface area (TPSA) is 72.2 Å². The van der Waals surface area contributed by atoms with Crippen LogP contribution in [0.15, 0.2) is 18.2 Å². The van der Waals surface area contributed by atoms with Gasteiger partial charge in [-0.15, -0.1) is 0 Å². The number of alkyl halides is 1. The van der Waals surface area contributed by atoms with Gasteiger partial charge in [-0.2, -0.15) is 0 Å². The number of halogens is 1. The van der Waals surface area contributed by atoms with Gasteiger partial charge in [0.05, 0.1) is 4.92 Å². The third kappa shape index (κ3) is 4.92. The van der Waals surface area contributed by atoms with Crippen LogP contribution in [0.5, 0.6) is 0 Å². The first-order chi connectivity index (χ1) is 9.45. The Labute approximate surface area is 127 Å². The number of nitrogens with one attached hydrogen (secondary N) is 1. The molecule has 0 radical (unpaired) electrons. The van der Waals surface area contributed by atoms with Crippen LogP contribution >= 0.6 is 15.9 Å². The fraction of sp³-hybridized carbons (Fsp3) is 0.500. The highest BCUT2D eigenvalue weighted by atomic mass is 79.9. The van der Waals surface area contributed by atoms with Gasteiger partial charge in [0.15, 0.2) is 0 Å². The van der Waals surface area contributed by atoms with E-state index in [2.05, 4.69) is 28.2 Å². The number of hydrogen-bond donors (Lipinski definition) is 1. The van der Waals surface area contributed by atoms with E-state index in [1.807, 2.05) is 0 Å². The molecule has 1 amide bonds. The molecule has 0 aliphatic carbocycles. The lowest BCUT2D eigenvalue weighted by atomic mass is 10.1. The Bertz CT molecular complexity index is 491. The van der Waals surface area contributed by atoms with E-state index in [1.54, 1.807) is 19.1 Å². The summed E-state index contributed by atoms with van der Waals surface area (Å²) in [5.41, 5.74) is 0.805. The Hall–Kier alpha value is -1.43. The van der Waals surface area contributed by atoms with Crippen LogP contribution in [0.3, 0.4) is 0 Å². The lowest BCUT2D eigenvalue weighted by Crippen LogP contribution is -2.25. The predicted molar refractivity (Wildman–Crippen MR) is 82.4 cm³/mol. The van der Waals surface area contributed by atoms with Gasteiger partial charge in [-0.25, -0.2) is 0 Å². The SMILES string of the molecule is Cc1ccc([N+](=O)[O-])c(C(=O)NCCCC(C)CBr)c1. The number of nitro benzene ring substituents is 1. The van der Waals surface area contributed by atoms with Crippen molar-refractivity contribution in [3.8, 4) is 0 Å². The zero-order chi connectivity index (χ0) is 15.1. The summed E-state index contributed by atoms with van der Waals surface area (Å²) in [6, 6.07) is 4.55. The summed E-state index contributed by atoms with van der Waals surface area (Å²) in [6.07, 6.45) is 1.86. The average Bonchev–Trinajstić information content (AvgIpc) is 2.42. The second-order valence-electron chi connectivity index (χ2n) is 4.94. The van der Waals surface area contributed by atoms with Crippen molar-refractivity contribution in [1.82, 2.24) is 5.32 Å². The molecule has 0 heterocycles. The molecular formula is C14H19BrN2O3. The van der Waals surface area contributed by atoms with Crippen molar-refractivity contribution >= 4 is 27.5 Å². The van der Waals surface area contributed by atoms with Crippen LogP contribution in [0.25, 0.3) is 0 Å². The van der Waals surface area contributed by atoms with Crippen LogP contribution < -0.4 is 5.32 Å². The van der Waals surface area contributed by atoms with E-state index < -0.39 is 4.92 Å². The molecule has 1 atom stereocenters. The predicted octanol–water partition coefficient (Wildman–Crippen LogP) is 3.44. The van der Waals surface area contributed by atoms with Gasteiger partial charge >= 0.3 is 0 Å². The lowest BCUT2D eigenvalue weighted by Gasteiger charge is -2.09. The smallest absolute Gasteiger partial charge is 0.282 e. The summed E-state index contributed by atoms with van der Waals surface area (Å²) in [4.78, 5) is 22.4. The molecule has 1 aromatic carbocycles. The average molecular weight is 343 g/mol. The molecule has 0 aromatic heterocycles. The zero-order valence-electron chi connectivity index (χ0n) is 11.7. The molecule has 0 saturated heterocycles. The third-order valence-electron chi connectivity index (χ3n) is 3.02. The molecule has 0 saturated carbocycles. The standard InChI is InChI=1S/C14H19BrN2O3/c1-10-5-6-13(17(19)20)12(8-10)14(18)16-7-3-4-11(2)9-15/h5-6,8,11H,3-4,7,9H2,1-2H3,(H,16,18). The number of rotatable bonds is 7. The highest BCUT2D eigenvalue weighted by Crippen LogP contribution is 2.19. The van der Waals surface area contributed by atoms with E-state index in [-0.39, 0.29) is 17.2 Å². The summed E-state index contributed by atoms with van der Waals surface area (Å²) < 4.78 is 0. The molecule has 1 rings (SSSR count). The van der Waals surface area contributed by atoms with Crippen molar-refractivity contribution < 1.29 is 9.72 Å². The molecule has 5 nitrogen and oxygen atoms in total. The second kappa shape index (κ2) is 7.99. The first kappa shape index (κ1) is 16.6. The van der Waals surface area contributed by atoms with Gasteiger partial charge in [0.25, 0.3) is 11.6 Å². The number of carbonyl (C=O) groups excluding carboxylic acids is 1. The van der Waals surface area contributed by atoms with Crippen molar-refractivity contribution in [1.29, 1.82) is 0 Å². The van der Waals surface area contributed by atoms with Crippen molar-refractivity contribution in [3.05, 3.63) is 39.4 Å². The van der Waals surface area contributed by atoms with E-state index in [0.717, 1.165) is 23.7 Å². The molecule has 1 aromatic rings. The highest BCUT2D eigenvalue weighted by Gasteiger charge is 2.19. The van der Waals surface area contributed by atoms with Crippen LogP contribution in [0.4, 0.5) is 5.69 Å². The summed E-state index contributed by atoms with van der Waals surface area (Å²) in [5.74, 6) is 0.173. The normalized spacial score (nSPS) is 11.9. The van der Waals surface area contributed by atoms with E-state index in [9.17, 15) is 14.9 Å². The van der Waals surface area contributed by atoms with Gasteiger partial charge in [0.1, 0.15) is 5.56 Å². The third-order valence-corrected chi connectivity index (χ3v) is 4.12. The Morgan fingerprint density at radius 1 is 1.50 bits per heavy atom. The minimum atomic E-state index is -0.527. The largest absolute Gasteiger partial charge is 0.352 e. The Balaban J connectivity index is 2.63. The quantitative estimate of drug-likeness (QED) is 0.357. The van der Waals surface area contributed by atoms with Gasteiger partial charge in [0.2, 0.25) is 0 Å². The molecule has 110 valence electrons. The van der Waals surface area contributed by atoms with Crippen LogP contribution in [-0.4, -0.2) is 22.7 Å². The molecule has 0 aliphatic heterocycles. The highest BCUT2D eigenvalue weighted by molar-refractivity contribution is 9.09. The Morgan fingerprint density at radius 3 is 2.80 bits per heavy atom. The van der Waals surface area contributed by atoms with Crippen molar-refractivity contribution in [3.63, 3.8) is 0 Å². The lowest BCUT2D eigenvalue weighted by molar-refractivity contribution is -0.385. The minimum Gasteiger partial charge on any atom is -0.352 e. The Morgan fingerprint density at radius 2 is 2.20 bits per heavy atom. The van der Waals surface area contributed by atoms with Crippen molar-refractivity contribution in [2.75, 3.05) is 11.9 Å². The summed E-state index contributed by atoms with van der Waals surface area (Å²) in [6.45, 7) is 4.46. The number of carbonyl (C=O) groups is 1. The molecule has 6 heteroatoms. The first-order valence-electron chi connectivity index (χ1n) is 6.55. The monoisotopic (exact) mass is 342 g/mol. The van der Waals surface area contributed by atoms with Crippen LogP contribution in [0.1, 0.15) is 35.7 Å². The van der Waals surface area contributed by atoms with E-state index in [1.165, 1.54) is 6.07 Å². The van der Waals surface area contributed by atoms with E-state index in [4.69, 9.17) is 0 Å². The Kier molecular flexibility index (Phi) is 6.64. The van der Waals surface area contributed by atoms with Gasteiger partial charge in [-0.05, 0) is 37.3 Å². The molecule has 0 fully saturated rings. The van der Waals surface area contributed by atoms with Crippen LogP contribution in [0.2, 0.25) is 0 Å². The van der Waals surface area contributed by atoms with Gasteiger partial charge in [-0.1, -0.05) is 28.9 Å². The minimum absolute atomic E-state index is 0.128. The van der Waals surface area contributed by atoms with E-state index >= 15 is 0 Å². The number of hydrogen-bond acceptors (Lipinski definition) is 3. The zero-order valence-corrected chi connectivity index (χ0v) is 13.3. The van der Waals surface area contributed by atoms with Crippen molar-refractivity contribution in [2.45, 2.75) is 26.7 Å². The van der Waals surface area contributed by atoms with Crippen molar-refractivity contribution in [2.24, 2.45) is 5.92 Å². The molecule has 0 bridgehead atoms. The maximum Gasteiger partial charge on any atom is 0.282 e. The molecular weight excluding hydrogens is 324 g/mol. The molecule has 1 N–H and O–H groups in total. The maximum atomic E-state index is 12.0. The maximum absolute atomic E-state index is 12.0. The molecule has 0 spiro atoms. The van der Waals surface area contributed by atoms with Gasteiger partial charge < -0.3 is 5.32 Å². The summed E-state index contributed by atoms with van der Waals surface area (Å²) in [5, 5.41) is 14.6. The van der Waals surface area contributed by atoms with Crippen LogP contribution in [0, 0.1) is 23.0 Å². The molecule has 20 heavy (non-hydrogen) atoms. The number of nitrogens with zero attached hydrogens (tertiary/aromatic N) is 1. The summed E-state index contributed by atoms with van der Waals surface area (Å²) in [7, 11) is 0. The number of benzene rings is 1. The number of amides is 1. The first-order valence-corrected chi connectivity index (χ1v) is 7.67. The van der Waals surface area contributed by atoms with Gasteiger partial charge in [-0.3, -0.25) is 14.9 Å². The molecule has 1 unspecified atom stereocenters. The summed E-state index contributed by atoms with van der Waals surface area (Å²) >= 11 is 3.40. The number of nitro groups is 1. The van der Waals surface area contributed by atoms with Crippen LogP contribution in [-0.2, 0) is 0 Å². The second-order valence-corrected chi connectivity index (χ2v) is 5.58. The molecule has 0 aliphatic rings. The number of aryl methyl sites for hydroxylation is 1. The fourth-order valence-electron chi connectivity index (χ4n) is 1.82.